The number of hydrogen-bond donors (Lipinski definition) is 1. The van der Waals surface area contributed by atoms with Crippen LogP contribution in [0.2, 0.25) is 0 Å². The average Bonchev–Trinajstić information content (AvgIpc) is 2.52. The monoisotopic (exact) mass is 250 g/mol. The lowest BCUT2D eigenvalue weighted by Crippen LogP contribution is -2.34. The first-order valence-corrected chi connectivity index (χ1v) is 7.23. The Labute approximate surface area is 110 Å². The number of rotatable bonds is 3. The van der Waals surface area contributed by atoms with Gasteiger partial charge in [-0.2, -0.15) is 5.10 Å². The van der Waals surface area contributed by atoms with Crippen molar-refractivity contribution in [2.24, 2.45) is 7.05 Å². The van der Waals surface area contributed by atoms with E-state index in [0.29, 0.717) is 6.04 Å². The highest BCUT2D eigenvalue weighted by molar-refractivity contribution is 5.67. The van der Waals surface area contributed by atoms with Crippen molar-refractivity contribution >= 4 is 11.5 Å². The van der Waals surface area contributed by atoms with E-state index in [9.17, 15) is 0 Å². The van der Waals surface area contributed by atoms with Crippen LogP contribution in [-0.2, 0) is 13.5 Å². The fraction of sp³-hybridized carbons (Fsp3) is 0.786. The van der Waals surface area contributed by atoms with E-state index in [-0.39, 0.29) is 0 Å². The molecule has 4 nitrogen and oxygen atoms in total. The topological polar surface area (TPSA) is 47.1 Å². The normalized spacial score (nSPS) is 21.1. The van der Waals surface area contributed by atoms with Crippen LogP contribution in [0.1, 0.15) is 51.6 Å². The summed E-state index contributed by atoms with van der Waals surface area (Å²) in [5.41, 5.74) is 8.27. The molecule has 1 saturated heterocycles. The van der Waals surface area contributed by atoms with Crippen molar-refractivity contribution < 1.29 is 0 Å². The molecule has 0 aromatic carbocycles. The molecule has 1 aliphatic rings. The quantitative estimate of drug-likeness (QED) is 0.897. The Bertz CT molecular complexity index is 397. The molecule has 0 amide bonds. The predicted molar refractivity (Wildman–Crippen MR) is 76.9 cm³/mol. The third kappa shape index (κ3) is 2.47. The summed E-state index contributed by atoms with van der Waals surface area (Å²) in [6.45, 7) is 5.58. The lowest BCUT2D eigenvalue weighted by molar-refractivity contribution is 0.594. The highest BCUT2D eigenvalue weighted by Crippen LogP contribution is 2.31. The second-order valence-electron chi connectivity index (χ2n) is 5.45. The van der Waals surface area contributed by atoms with Crippen LogP contribution in [0.25, 0.3) is 0 Å². The lowest BCUT2D eigenvalue weighted by atomic mass is 10.1. The lowest BCUT2D eigenvalue weighted by Gasteiger charge is -2.29. The third-order valence-corrected chi connectivity index (χ3v) is 3.94. The average molecular weight is 250 g/mol. The molecule has 2 rings (SSSR count). The van der Waals surface area contributed by atoms with Gasteiger partial charge in [0.25, 0.3) is 0 Å². The number of nitrogens with two attached hydrogens (primary N) is 1. The number of aromatic nitrogens is 2. The van der Waals surface area contributed by atoms with Gasteiger partial charge in [-0.05, 0) is 26.2 Å². The van der Waals surface area contributed by atoms with E-state index >= 15 is 0 Å². The second kappa shape index (κ2) is 5.63. The number of hydrogen-bond acceptors (Lipinski definition) is 3. The highest BCUT2D eigenvalue weighted by atomic mass is 15.4. The summed E-state index contributed by atoms with van der Waals surface area (Å²) in [4.78, 5) is 2.45. The Balaban J connectivity index is 2.30. The Morgan fingerprint density at radius 1 is 1.33 bits per heavy atom. The summed E-state index contributed by atoms with van der Waals surface area (Å²) in [6.07, 6.45) is 7.25. The largest absolute Gasteiger partial charge is 0.394 e. The van der Waals surface area contributed by atoms with Gasteiger partial charge in [0.15, 0.2) is 5.82 Å². The number of nitrogens with zero attached hydrogens (tertiary/aromatic N) is 3. The molecule has 1 aromatic heterocycles. The predicted octanol–water partition coefficient (Wildman–Crippen LogP) is 2.72. The van der Waals surface area contributed by atoms with Crippen LogP contribution in [0, 0.1) is 0 Å². The van der Waals surface area contributed by atoms with Crippen LogP contribution in [0.5, 0.6) is 0 Å². The van der Waals surface area contributed by atoms with Crippen LogP contribution in [0.15, 0.2) is 0 Å². The number of aryl methyl sites for hydroxylation is 2. The fourth-order valence-corrected chi connectivity index (χ4v) is 2.94. The maximum absolute atomic E-state index is 6.31. The minimum absolute atomic E-state index is 0.569. The second-order valence-corrected chi connectivity index (χ2v) is 5.45. The molecule has 0 aliphatic carbocycles. The van der Waals surface area contributed by atoms with Crippen molar-refractivity contribution in [3.8, 4) is 0 Å². The molecule has 4 heteroatoms. The minimum Gasteiger partial charge on any atom is -0.394 e. The van der Waals surface area contributed by atoms with E-state index in [1.165, 1.54) is 25.7 Å². The van der Waals surface area contributed by atoms with E-state index < -0.39 is 0 Å². The van der Waals surface area contributed by atoms with Crippen LogP contribution in [0.4, 0.5) is 11.5 Å². The SMILES string of the molecule is CCCc1nn(C)c(N2CCCCCC2C)c1N. The van der Waals surface area contributed by atoms with Gasteiger partial charge < -0.3 is 10.6 Å². The Hall–Kier alpha value is -1.19. The van der Waals surface area contributed by atoms with E-state index in [2.05, 4.69) is 23.8 Å². The van der Waals surface area contributed by atoms with Gasteiger partial charge in [-0.3, -0.25) is 4.68 Å². The molecule has 0 radical (unpaired) electrons. The van der Waals surface area contributed by atoms with Gasteiger partial charge in [0.2, 0.25) is 0 Å². The zero-order valence-corrected chi connectivity index (χ0v) is 11.9. The Morgan fingerprint density at radius 2 is 2.11 bits per heavy atom. The van der Waals surface area contributed by atoms with Gasteiger partial charge in [-0.15, -0.1) is 0 Å². The molecular formula is C14H26N4. The summed E-state index contributed by atoms with van der Waals surface area (Å²) in [5, 5.41) is 4.59. The zero-order chi connectivity index (χ0) is 13.1. The molecule has 2 N–H and O–H groups in total. The standard InChI is InChI=1S/C14H26N4/c1-4-8-12-13(15)14(17(3)16-12)18-10-7-5-6-9-11(18)2/h11H,4-10,15H2,1-3H3. The van der Waals surface area contributed by atoms with Crippen LogP contribution >= 0.6 is 0 Å². The minimum atomic E-state index is 0.569. The molecule has 18 heavy (non-hydrogen) atoms. The smallest absolute Gasteiger partial charge is 0.150 e. The molecule has 102 valence electrons. The van der Waals surface area contributed by atoms with Gasteiger partial charge in [0.05, 0.1) is 11.4 Å². The van der Waals surface area contributed by atoms with Crippen molar-refractivity contribution in [3.63, 3.8) is 0 Å². The summed E-state index contributed by atoms with van der Waals surface area (Å²) >= 11 is 0. The molecule has 1 unspecified atom stereocenters. The van der Waals surface area contributed by atoms with Crippen molar-refractivity contribution in [1.82, 2.24) is 9.78 Å². The Morgan fingerprint density at radius 3 is 2.83 bits per heavy atom. The molecule has 0 bridgehead atoms. The fourth-order valence-electron chi connectivity index (χ4n) is 2.94. The third-order valence-electron chi connectivity index (χ3n) is 3.94. The van der Waals surface area contributed by atoms with Crippen LogP contribution in [-0.4, -0.2) is 22.4 Å². The summed E-state index contributed by atoms with van der Waals surface area (Å²) in [7, 11) is 2.02. The summed E-state index contributed by atoms with van der Waals surface area (Å²) in [6, 6.07) is 0.569. The summed E-state index contributed by atoms with van der Waals surface area (Å²) < 4.78 is 1.97. The molecule has 0 saturated carbocycles. The van der Waals surface area contributed by atoms with Gasteiger partial charge in [0.1, 0.15) is 0 Å². The molecule has 0 spiro atoms. The van der Waals surface area contributed by atoms with Gasteiger partial charge in [-0.25, -0.2) is 0 Å². The first-order valence-electron chi connectivity index (χ1n) is 7.23. The van der Waals surface area contributed by atoms with E-state index in [1.54, 1.807) is 0 Å². The van der Waals surface area contributed by atoms with Gasteiger partial charge in [0, 0.05) is 19.6 Å². The number of anilines is 2. The molecule has 1 atom stereocenters. The molecule has 2 heterocycles. The zero-order valence-electron chi connectivity index (χ0n) is 11.9. The van der Waals surface area contributed by atoms with E-state index in [0.717, 1.165) is 36.6 Å². The molecule has 1 aliphatic heterocycles. The summed E-state index contributed by atoms with van der Waals surface area (Å²) in [5.74, 6) is 1.13. The van der Waals surface area contributed by atoms with Gasteiger partial charge in [-0.1, -0.05) is 26.2 Å². The Kier molecular flexibility index (Phi) is 4.15. The van der Waals surface area contributed by atoms with Crippen molar-refractivity contribution in [3.05, 3.63) is 5.69 Å². The van der Waals surface area contributed by atoms with Crippen LogP contribution < -0.4 is 10.6 Å². The van der Waals surface area contributed by atoms with E-state index in [1.807, 2.05) is 11.7 Å². The van der Waals surface area contributed by atoms with Crippen molar-refractivity contribution in [2.45, 2.75) is 58.4 Å². The maximum atomic E-state index is 6.31. The highest BCUT2D eigenvalue weighted by Gasteiger charge is 2.24. The van der Waals surface area contributed by atoms with Crippen molar-refractivity contribution in [2.75, 3.05) is 17.2 Å². The number of nitrogen functional groups attached to an aromatic ring is 1. The molecular weight excluding hydrogens is 224 g/mol. The maximum Gasteiger partial charge on any atom is 0.150 e. The van der Waals surface area contributed by atoms with Crippen LogP contribution in [0.3, 0.4) is 0 Å². The molecule has 1 aromatic rings. The molecule has 1 fully saturated rings. The first-order chi connectivity index (χ1) is 8.65. The first kappa shape index (κ1) is 13.2. The van der Waals surface area contributed by atoms with Gasteiger partial charge >= 0.3 is 0 Å². The van der Waals surface area contributed by atoms with E-state index in [4.69, 9.17) is 5.73 Å². The van der Waals surface area contributed by atoms with Crippen molar-refractivity contribution in [1.29, 1.82) is 0 Å².